The number of hydrogen-bond donors (Lipinski definition) is 1. The summed E-state index contributed by atoms with van der Waals surface area (Å²) < 4.78 is 5.56. The van der Waals surface area contributed by atoms with E-state index in [0.717, 1.165) is 46.7 Å². The van der Waals surface area contributed by atoms with Gasteiger partial charge in [0.25, 0.3) is 0 Å². The smallest absolute Gasteiger partial charge is 0.238 e. The third-order valence-corrected chi connectivity index (χ3v) is 7.60. The fraction of sp³-hybridized carbons (Fsp3) is 0.310. The van der Waals surface area contributed by atoms with E-state index in [1.807, 2.05) is 45.0 Å². The molecule has 1 radical (unpaired) electrons. The minimum absolute atomic E-state index is 0. The van der Waals surface area contributed by atoms with Crippen LogP contribution < -0.4 is 9.64 Å². The van der Waals surface area contributed by atoms with Gasteiger partial charge in [-0.3, -0.25) is 0 Å². The van der Waals surface area contributed by atoms with Crippen LogP contribution in [0.3, 0.4) is 0 Å². The van der Waals surface area contributed by atoms with Gasteiger partial charge in [0.2, 0.25) is 5.90 Å². The zero-order valence-electron chi connectivity index (χ0n) is 21.6. The summed E-state index contributed by atoms with van der Waals surface area (Å²) in [7, 11) is 1.70. The number of ether oxygens (including phenoxy) is 1. The van der Waals surface area contributed by atoms with E-state index in [9.17, 15) is 5.11 Å². The van der Waals surface area contributed by atoms with E-state index >= 15 is 0 Å². The Morgan fingerprint density at radius 1 is 1.14 bits per heavy atom. The molecule has 36 heavy (non-hydrogen) atoms. The number of benzene rings is 2. The van der Waals surface area contributed by atoms with E-state index < -0.39 is 0 Å². The first kappa shape index (κ1) is 27.7. The molecule has 1 aromatic heterocycles. The normalized spacial score (nSPS) is 18.6. The molecule has 1 aliphatic rings. The maximum Gasteiger partial charge on any atom is 0.238 e. The monoisotopic (exact) mass is 546 g/mol. The van der Waals surface area contributed by atoms with Crippen molar-refractivity contribution in [1.82, 2.24) is 0 Å². The van der Waals surface area contributed by atoms with Crippen LogP contribution in [-0.2, 0) is 28.6 Å². The second-order valence-electron chi connectivity index (χ2n) is 9.23. The Morgan fingerprint density at radius 3 is 2.47 bits per heavy atom. The number of anilines is 1. The van der Waals surface area contributed by atoms with E-state index in [0.29, 0.717) is 0 Å². The molecule has 4 rings (SSSR count). The first-order valence-electron chi connectivity index (χ1n) is 11.9. The van der Waals surface area contributed by atoms with Gasteiger partial charge in [-0.05, 0) is 93.5 Å². The van der Waals surface area contributed by atoms with Crippen LogP contribution in [-0.4, -0.2) is 30.9 Å². The molecule has 2 aromatic carbocycles. The van der Waals surface area contributed by atoms with Crippen molar-refractivity contribution in [3.8, 4) is 5.75 Å². The van der Waals surface area contributed by atoms with E-state index in [2.05, 4.69) is 58.6 Å². The molecule has 1 N–H and O–H groups in total. The van der Waals surface area contributed by atoms with E-state index in [1.165, 1.54) is 16.1 Å². The molecule has 0 amide bonds. The van der Waals surface area contributed by atoms with Crippen molar-refractivity contribution >= 4 is 29.1 Å². The molecule has 0 spiro atoms. The number of fused-ring (bicyclic) bond motifs is 1. The molecule has 2 heterocycles. The predicted octanol–water partition coefficient (Wildman–Crippen LogP) is 6.89. The number of thiophene rings is 1. The molecule has 0 fully saturated rings. The van der Waals surface area contributed by atoms with Gasteiger partial charge in [-0.2, -0.15) is 5.10 Å². The van der Waals surface area contributed by atoms with Gasteiger partial charge < -0.3 is 14.7 Å². The average molecular weight is 547 g/mol. The van der Waals surface area contributed by atoms with Gasteiger partial charge in [-0.15, -0.1) is 16.4 Å². The summed E-state index contributed by atoms with van der Waals surface area (Å²) in [6.45, 7) is 11.3. The molecule has 1 atom stereocenters. The Bertz CT molecular complexity index is 1290. The molecule has 3 aromatic rings. The van der Waals surface area contributed by atoms with Gasteiger partial charge in [0, 0.05) is 50.6 Å². The van der Waals surface area contributed by atoms with Crippen LogP contribution in [0.1, 0.15) is 46.5 Å². The molecular weight excluding hydrogens is 513 g/mol. The fourth-order valence-corrected chi connectivity index (χ4v) is 6.08. The van der Waals surface area contributed by atoms with Gasteiger partial charge in [-0.25, -0.2) is 0 Å². The molecule has 0 saturated carbocycles. The molecule has 5 nitrogen and oxygen atoms in total. The Labute approximate surface area is 228 Å². The Balaban J connectivity index is 0.00000361. The number of methoxy groups -OCH3 is 1. The van der Waals surface area contributed by atoms with Gasteiger partial charge >= 0.3 is 0 Å². The number of aliphatic hydroxyl groups excluding tert-OH is 1. The summed E-state index contributed by atoms with van der Waals surface area (Å²) >= 11 is 1.77. The summed E-state index contributed by atoms with van der Waals surface area (Å²) in [6, 6.07) is 14.7. The number of allylic oxidation sites excluding steroid dienone is 2. The summed E-state index contributed by atoms with van der Waals surface area (Å²) in [4.78, 5) is 3.65. The Hall–Kier alpha value is -2.87. The van der Waals surface area contributed by atoms with Crippen molar-refractivity contribution in [1.29, 1.82) is 0 Å². The van der Waals surface area contributed by atoms with Crippen LogP contribution in [0.4, 0.5) is 5.69 Å². The zero-order valence-corrected chi connectivity index (χ0v) is 23.5. The van der Waals surface area contributed by atoms with Gasteiger partial charge in [0.15, 0.2) is 0 Å². The molecule has 1 unspecified atom stereocenters. The minimum Gasteiger partial charge on any atom is -0.497 e. The van der Waals surface area contributed by atoms with Crippen LogP contribution in [0.15, 0.2) is 69.8 Å². The van der Waals surface area contributed by atoms with Crippen LogP contribution in [0, 0.1) is 20.8 Å². The van der Waals surface area contributed by atoms with E-state index in [-0.39, 0.29) is 28.1 Å². The van der Waals surface area contributed by atoms with Crippen LogP contribution >= 0.6 is 11.3 Å². The number of aliphatic hydroxyl groups is 1. The van der Waals surface area contributed by atoms with E-state index in [4.69, 9.17) is 4.74 Å². The van der Waals surface area contributed by atoms with Crippen molar-refractivity contribution in [2.75, 3.05) is 18.6 Å². The second kappa shape index (κ2) is 11.5. The number of hydrogen-bond acceptors (Lipinski definition) is 5. The average Bonchev–Trinajstić information content (AvgIpc) is 3.40. The van der Waals surface area contributed by atoms with Gasteiger partial charge in [0.05, 0.1) is 13.3 Å². The van der Waals surface area contributed by atoms with Crippen LogP contribution in [0.5, 0.6) is 5.75 Å². The van der Waals surface area contributed by atoms with Crippen molar-refractivity contribution < 1.29 is 26.6 Å². The van der Waals surface area contributed by atoms with Crippen molar-refractivity contribution in [3.63, 3.8) is 0 Å². The first-order valence-corrected chi connectivity index (χ1v) is 12.7. The third-order valence-electron chi connectivity index (χ3n) is 6.72. The summed E-state index contributed by atoms with van der Waals surface area (Å²) in [6.07, 6.45) is 4.58. The quantitative estimate of drug-likeness (QED) is 0.199. The minimum atomic E-state index is -0.257. The summed E-state index contributed by atoms with van der Waals surface area (Å²) in [5.74, 6) is 0.785. The van der Waals surface area contributed by atoms with Crippen molar-refractivity contribution in [2.45, 2.75) is 46.5 Å². The third kappa shape index (κ3) is 5.28. The standard InChI is InChI=1S/C29H33N3O2S.Co/c1-7-32-25-11-10-22(34-6)17-24(25)29(5,18-23-9-8-14-35-23)26(32)12-13-30-31-28(33)27-20(3)15-19(2)16-21(27)4;/h8-17H,7,18H2,1-6H3,(H,31,33);/b26-12-,30-13+;. The molecule has 1 aliphatic heterocycles. The van der Waals surface area contributed by atoms with Crippen LogP contribution in [0.25, 0.3) is 0 Å². The van der Waals surface area contributed by atoms with Gasteiger partial charge in [0.1, 0.15) is 5.75 Å². The SMILES string of the molecule is CCN1\C(=C/C=N/N=C(\O)c2c(C)cc(C)cc2C)C(C)(Cc2cccs2)c2cc(OC)ccc21.[Co]. The molecule has 0 saturated heterocycles. The Kier molecular flexibility index (Phi) is 8.82. The first-order chi connectivity index (χ1) is 16.8. The maximum atomic E-state index is 10.6. The van der Waals surface area contributed by atoms with Crippen LogP contribution in [0.2, 0.25) is 0 Å². The summed E-state index contributed by atoms with van der Waals surface area (Å²) in [5, 5.41) is 21.1. The molecule has 0 bridgehead atoms. The topological polar surface area (TPSA) is 57.4 Å². The predicted molar refractivity (Wildman–Crippen MR) is 148 cm³/mol. The number of likely N-dealkylation sites (N-methyl/N-ethyl adjacent to an activating group) is 1. The Morgan fingerprint density at radius 2 is 1.86 bits per heavy atom. The number of aryl methyl sites for hydroxylation is 3. The van der Waals surface area contributed by atoms with Crippen molar-refractivity contribution in [3.05, 3.63) is 92.3 Å². The molecule has 7 heteroatoms. The largest absolute Gasteiger partial charge is 0.497 e. The second-order valence-corrected chi connectivity index (χ2v) is 10.3. The fourth-order valence-electron chi connectivity index (χ4n) is 5.22. The number of rotatable bonds is 7. The maximum absolute atomic E-state index is 10.6. The van der Waals surface area contributed by atoms with Crippen molar-refractivity contribution in [2.24, 2.45) is 10.2 Å². The zero-order chi connectivity index (χ0) is 25.2. The van der Waals surface area contributed by atoms with E-state index in [1.54, 1.807) is 24.7 Å². The molecule has 191 valence electrons. The van der Waals surface area contributed by atoms with Gasteiger partial charge in [-0.1, -0.05) is 23.8 Å². The summed E-state index contributed by atoms with van der Waals surface area (Å²) in [5.41, 5.74) is 7.18. The molecule has 0 aliphatic carbocycles. The molecular formula is C29H33CoN3O2S. The number of nitrogens with zero attached hydrogens (tertiary/aromatic N) is 3.